The quantitative estimate of drug-likeness (QED) is 0.799. The lowest BCUT2D eigenvalue weighted by atomic mass is 10.3. The summed E-state index contributed by atoms with van der Waals surface area (Å²) in [6.07, 6.45) is -4.15. The van der Waals surface area contributed by atoms with Crippen LogP contribution in [-0.2, 0) is 6.18 Å². The summed E-state index contributed by atoms with van der Waals surface area (Å²) in [7, 11) is 1.18. The predicted octanol–water partition coefficient (Wildman–Crippen LogP) is 4.09. The van der Waals surface area contributed by atoms with Crippen molar-refractivity contribution in [1.29, 1.82) is 0 Å². The zero-order valence-corrected chi connectivity index (χ0v) is 12.6. The van der Waals surface area contributed by atoms with E-state index in [1.807, 2.05) is 6.92 Å². The van der Waals surface area contributed by atoms with Crippen molar-refractivity contribution in [1.82, 2.24) is 9.97 Å². The van der Waals surface area contributed by atoms with Crippen LogP contribution in [0.3, 0.4) is 0 Å². The highest BCUT2D eigenvalue weighted by molar-refractivity contribution is 5.44. The topological polar surface area (TPSA) is 53.5 Å². The highest BCUT2D eigenvalue weighted by atomic mass is 19.4. The third-order valence-electron chi connectivity index (χ3n) is 2.67. The summed E-state index contributed by atoms with van der Waals surface area (Å²) in [6.45, 7) is 2.00. The van der Waals surface area contributed by atoms with Crippen LogP contribution in [0.4, 0.5) is 13.2 Å². The second kappa shape index (κ2) is 7.17. The molecule has 1 aromatic carbocycles. The van der Waals surface area contributed by atoms with E-state index in [2.05, 4.69) is 9.97 Å². The van der Waals surface area contributed by atoms with Crippen molar-refractivity contribution in [2.45, 2.75) is 19.5 Å². The molecule has 1 heterocycles. The fourth-order valence-corrected chi connectivity index (χ4v) is 1.69. The van der Waals surface area contributed by atoms with Gasteiger partial charge in [-0.2, -0.15) is 23.1 Å². The Morgan fingerprint density at radius 1 is 1.09 bits per heavy atom. The van der Waals surface area contributed by atoms with Gasteiger partial charge in [0.2, 0.25) is 5.75 Å². The molecule has 8 heteroatoms. The maximum atomic E-state index is 13.3. The molecule has 0 radical (unpaired) electrons. The zero-order valence-electron chi connectivity index (χ0n) is 12.6. The smallest absolute Gasteiger partial charge is 0.437 e. The molecule has 124 valence electrons. The predicted molar refractivity (Wildman–Crippen MR) is 75.9 cm³/mol. The Labute approximate surface area is 131 Å². The molecule has 0 atom stereocenters. The van der Waals surface area contributed by atoms with E-state index in [9.17, 15) is 13.2 Å². The summed E-state index contributed by atoms with van der Waals surface area (Å²) < 4.78 is 55.2. The average Bonchev–Trinajstić information content (AvgIpc) is 2.53. The van der Waals surface area contributed by atoms with Gasteiger partial charge >= 0.3 is 12.2 Å². The monoisotopic (exact) mass is 328 g/mol. The highest BCUT2D eigenvalue weighted by Crippen LogP contribution is 2.42. The van der Waals surface area contributed by atoms with E-state index in [1.165, 1.54) is 19.2 Å². The molecular formula is C15H15F3N2O3. The van der Waals surface area contributed by atoms with Gasteiger partial charge in [-0.25, -0.2) is 0 Å². The van der Waals surface area contributed by atoms with E-state index < -0.39 is 23.6 Å². The largest absolute Gasteiger partial charge is 0.475 e. The molecule has 1 aromatic heterocycles. The first-order valence-electron chi connectivity index (χ1n) is 6.84. The van der Waals surface area contributed by atoms with E-state index >= 15 is 0 Å². The van der Waals surface area contributed by atoms with Crippen molar-refractivity contribution in [2.24, 2.45) is 0 Å². The third-order valence-corrected chi connectivity index (χ3v) is 2.67. The fourth-order valence-electron chi connectivity index (χ4n) is 1.69. The van der Waals surface area contributed by atoms with Gasteiger partial charge in [-0.05, 0) is 18.6 Å². The van der Waals surface area contributed by atoms with Crippen molar-refractivity contribution in [2.75, 3.05) is 13.7 Å². The van der Waals surface area contributed by atoms with Gasteiger partial charge in [-0.15, -0.1) is 0 Å². The summed E-state index contributed by atoms with van der Waals surface area (Å²) in [4.78, 5) is 7.18. The second-order valence-corrected chi connectivity index (χ2v) is 4.45. The molecule has 0 fully saturated rings. The van der Waals surface area contributed by atoms with Crippen LogP contribution in [0.25, 0.3) is 0 Å². The lowest BCUT2D eigenvalue weighted by Gasteiger charge is -2.16. The minimum atomic E-state index is -4.75. The number of hydrogen-bond donors (Lipinski definition) is 0. The first-order chi connectivity index (χ1) is 11.0. The van der Waals surface area contributed by atoms with Gasteiger partial charge in [-0.1, -0.05) is 25.1 Å². The van der Waals surface area contributed by atoms with Crippen molar-refractivity contribution >= 4 is 0 Å². The molecule has 0 amide bonds. The van der Waals surface area contributed by atoms with Crippen LogP contribution in [0.2, 0.25) is 0 Å². The molecule has 2 rings (SSSR count). The number of para-hydroxylation sites is 1. The standard InChI is InChI=1S/C15H15F3N2O3/c1-3-9-22-13-11(23-10-7-5-4-6-8-10)12(15(16,17)18)19-14(20-13)21-2/h4-8H,3,9H2,1-2H3. The summed E-state index contributed by atoms with van der Waals surface area (Å²) in [5.41, 5.74) is -1.25. The number of benzene rings is 1. The normalized spacial score (nSPS) is 11.2. The van der Waals surface area contributed by atoms with Gasteiger partial charge in [-0.3, -0.25) is 0 Å². The van der Waals surface area contributed by atoms with Gasteiger partial charge in [0.15, 0.2) is 5.69 Å². The molecule has 0 unspecified atom stereocenters. The van der Waals surface area contributed by atoms with Crippen LogP contribution in [0.5, 0.6) is 23.4 Å². The Bertz CT molecular complexity index is 648. The van der Waals surface area contributed by atoms with Gasteiger partial charge in [0, 0.05) is 0 Å². The number of halogens is 3. The van der Waals surface area contributed by atoms with E-state index in [4.69, 9.17) is 14.2 Å². The summed E-state index contributed by atoms with van der Waals surface area (Å²) in [5.74, 6) is -0.680. The maximum absolute atomic E-state index is 13.3. The minimum Gasteiger partial charge on any atom is -0.475 e. The van der Waals surface area contributed by atoms with Crippen LogP contribution in [-0.4, -0.2) is 23.7 Å². The maximum Gasteiger partial charge on any atom is 0.437 e. The molecule has 23 heavy (non-hydrogen) atoms. The first kappa shape index (κ1) is 16.9. The summed E-state index contributed by atoms with van der Waals surface area (Å²) >= 11 is 0. The van der Waals surface area contributed by atoms with E-state index in [0.717, 1.165) is 0 Å². The van der Waals surface area contributed by atoms with Gasteiger partial charge in [0.25, 0.3) is 5.88 Å². The fraction of sp³-hybridized carbons (Fsp3) is 0.333. The number of rotatable bonds is 6. The summed E-state index contributed by atoms with van der Waals surface area (Å²) in [5, 5.41) is 0. The van der Waals surface area contributed by atoms with Gasteiger partial charge in [0.1, 0.15) is 5.75 Å². The van der Waals surface area contributed by atoms with Crippen molar-refractivity contribution < 1.29 is 27.4 Å². The van der Waals surface area contributed by atoms with E-state index in [1.54, 1.807) is 18.2 Å². The number of ether oxygens (including phenoxy) is 3. The van der Waals surface area contributed by atoms with E-state index in [0.29, 0.717) is 6.42 Å². The van der Waals surface area contributed by atoms with Crippen LogP contribution in [0.1, 0.15) is 19.0 Å². The average molecular weight is 328 g/mol. The molecule has 0 aliphatic carbocycles. The number of aromatic nitrogens is 2. The first-order valence-corrected chi connectivity index (χ1v) is 6.84. The Morgan fingerprint density at radius 3 is 2.35 bits per heavy atom. The number of methoxy groups -OCH3 is 1. The lowest BCUT2D eigenvalue weighted by molar-refractivity contribution is -0.142. The SMILES string of the molecule is CCCOc1nc(OC)nc(C(F)(F)F)c1Oc1ccccc1. The zero-order chi connectivity index (χ0) is 16.9. The molecule has 0 aliphatic heterocycles. The van der Waals surface area contributed by atoms with Gasteiger partial charge in [0.05, 0.1) is 13.7 Å². The molecule has 0 aliphatic rings. The van der Waals surface area contributed by atoms with Crippen molar-refractivity contribution in [3.63, 3.8) is 0 Å². The Balaban J connectivity index is 2.53. The molecule has 5 nitrogen and oxygen atoms in total. The Kier molecular flexibility index (Phi) is 5.25. The van der Waals surface area contributed by atoms with Gasteiger partial charge < -0.3 is 14.2 Å². The van der Waals surface area contributed by atoms with Crippen LogP contribution >= 0.6 is 0 Å². The van der Waals surface area contributed by atoms with Crippen molar-refractivity contribution in [3.05, 3.63) is 36.0 Å². The Hall–Kier alpha value is -2.51. The minimum absolute atomic E-state index is 0.183. The second-order valence-electron chi connectivity index (χ2n) is 4.45. The van der Waals surface area contributed by atoms with Crippen molar-refractivity contribution in [3.8, 4) is 23.4 Å². The molecule has 0 N–H and O–H groups in total. The highest BCUT2D eigenvalue weighted by Gasteiger charge is 2.40. The van der Waals surface area contributed by atoms with Crippen LogP contribution in [0, 0.1) is 0 Å². The lowest BCUT2D eigenvalue weighted by Crippen LogP contribution is -2.14. The number of nitrogens with zero attached hydrogens (tertiary/aromatic N) is 2. The third kappa shape index (κ3) is 4.24. The molecular weight excluding hydrogens is 313 g/mol. The van der Waals surface area contributed by atoms with Crippen LogP contribution in [0.15, 0.2) is 30.3 Å². The molecule has 0 saturated heterocycles. The molecule has 0 spiro atoms. The molecule has 0 bridgehead atoms. The number of hydrogen-bond acceptors (Lipinski definition) is 5. The summed E-state index contributed by atoms with van der Waals surface area (Å²) in [6, 6.07) is 7.60. The van der Waals surface area contributed by atoms with E-state index in [-0.39, 0.29) is 18.2 Å². The number of alkyl halides is 3. The molecule has 2 aromatic rings. The Morgan fingerprint density at radius 2 is 1.78 bits per heavy atom. The van der Waals surface area contributed by atoms with Crippen LogP contribution < -0.4 is 14.2 Å². The molecule has 0 saturated carbocycles.